The van der Waals surface area contributed by atoms with E-state index in [9.17, 15) is 0 Å². The van der Waals surface area contributed by atoms with Crippen molar-refractivity contribution in [3.63, 3.8) is 0 Å². The molecule has 13 heavy (non-hydrogen) atoms. The van der Waals surface area contributed by atoms with Crippen LogP contribution in [0.25, 0.3) is 0 Å². The van der Waals surface area contributed by atoms with Crippen LogP contribution in [-0.2, 0) is 4.84 Å². The molecule has 0 amide bonds. The minimum atomic E-state index is -0.0453. The number of hydrogen-bond acceptors (Lipinski definition) is 4. The molecule has 1 heterocycles. The van der Waals surface area contributed by atoms with Gasteiger partial charge < -0.3 is 15.0 Å². The zero-order chi connectivity index (χ0) is 9.84. The van der Waals surface area contributed by atoms with E-state index in [1.807, 2.05) is 26.1 Å². The van der Waals surface area contributed by atoms with Gasteiger partial charge in [-0.05, 0) is 19.1 Å². The Hall–Kier alpha value is -0.840. The summed E-state index contributed by atoms with van der Waals surface area (Å²) in [5.74, 6) is 0.819. The monoisotopic (exact) mass is 184 g/mol. The Morgan fingerprint density at radius 2 is 2.31 bits per heavy atom. The molecule has 0 saturated heterocycles. The standard InChI is InChI=1S/C9H16N2O2/c1-7(10)9(11(2)12-3)8-5-4-6-13-8/h4-7,9H,10H2,1-3H3. The van der Waals surface area contributed by atoms with E-state index in [-0.39, 0.29) is 12.1 Å². The second kappa shape index (κ2) is 4.41. The predicted molar refractivity (Wildman–Crippen MR) is 49.9 cm³/mol. The molecule has 0 bridgehead atoms. The molecule has 4 nitrogen and oxygen atoms in total. The highest BCUT2D eigenvalue weighted by Gasteiger charge is 2.23. The maximum Gasteiger partial charge on any atom is 0.124 e. The third-order valence-electron chi connectivity index (χ3n) is 2.01. The average molecular weight is 184 g/mol. The molecule has 1 rings (SSSR count). The number of hydroxylamine groups is 2. The maximum absolute atomic E-state index is 5.82. The first-order chi connectivity index (χ1) is 6.16. The van der Waals surface area contributed by atoms with Crippen molar-refractivity contribution in [2.75, 3.05) is 14.2 Å². The lowest BCUT2D eigenvalue weighted by molar-refractivity contribution is -0.151. The van der Waals surface area contributed by atoms with E-state index in [0.29, 0.717) is 0 Å². The third kappa shape index (κ3) is 2.30. The molecule has 0 fully saturated rings. The lowest BCUT2D eigenvalue weighted by Crippen LogP contribution is -2.36. The summed E-state index contributed by atoms with van der Waals surface area (Å²) in [7, 11) is 3.44. The van der Waals surface area contributed by atoms with Gasteiger partial charge in [-0.3, -0.25) is 0 Å². The molecular weight excluding hydrogens is 168 g/mol. The SMILES string of the molecule is CON(C)C(c1ccco1)C(C)N. The first kappa shape index (κ1) is 10.2. The van der Waals surface area contributed by atoms with Crippen molar-refractivity contribution in [2.45, 2.75) is 19.0 Å². The van der Waals surface area contributed by atoms with Crippen molar-refractivity contribution < 1.29 is 9.25 Å². The summed E-state index contributed by atoms with van der Waals surface area (Å²) in [6, 6.07) is 3.65. The van der Waals surface area contributed by atoms with E-state index in [4.69, 9.17) is 15.0 Å². The highest BCUT2D eigenvalue weighted by atomic mass is 16.7. The van der Waals surface area contributed by atoms with Crippen LogP contribution in [0.2, 0.25) is 0 Å². The second-order valence-electron chi connectivity index (χ2n) is 3.05. The topological polar surface area (TPSA) is 51.6 Å². The number of nitrogens with zero attached hydrogens (tertiary/aromatic N) is 1. The van der Waals surface area contributed by atoms with Crippen LogP contribution in [0.3, 0.4) is 0 Å². The van der Waals surface area contributed by atoms with E-state index in [1.165, 1.54) is 0 Å². The van der Waals surface area contributed by atoms with Gasteiger partial charge in [-0.2, -0.15) is 5.06 Å². The van der Waals surface area contributed by atoms with Crippen molar-refractivity contribution in [3.8, 4) is 0 Å². The van der Waals surface area contributed by atoms with Crippen LogP contribution in [0.4, 0.5) is 0 Å². The van der Waals surface area contributed by atoms with E-state index in [2.05, 4.69) is 0 Å². The molecule has 2 unspecified atom stereocenters. The minimum Gasteiger partial charge on any atom is -0.468 e. The highest BCUT2D eigenvalue weighted by molar-refractivity contribution is 5.06. The Morgan fingerprint density at radius 3 is 2.69 bits per heavy atom. The Labute approximate surface area is 78.2 Å². The molecule has 0 aromatic carbocycles. The van der Waals surface area contributed by atoms with Gasteiger partial charge in [0.15, 0.2) is 0 Å². The van der Waals surface area contributed by atoms with Gasteiger partial charge in [0.2, 0.25) is 0 Å². The van der Waals surface area contributed by atoms with Crippen LogP contribution < -0.4 is 5.73 Å². The van der Waals surface area contributed by atoms with Crippen LogP contribution in [0, 0.1) is 0 Å². The summed E-state index contributed by atoms with van der Waals surface area (Å²) < 4.78 is 5.28. The Morgan fingerprint density at radius 1 is 1.62 bits per heavy atom. The molecule has 0 aliphatic rings. The van der Waals surface area contributed by atoms with E-state index < -0.39 is 0 Å². The number of likely N-dealkylation sites (N-methyl/N-ethyl adjacent to an activating group) is 1. The Bertz CT molecular complexity index is 234. The van der Waals surface area contributed by atoms with E-state index in [1.54, 1.807) is 18.4 Å². The summed E-state index contributed by atoms with van der Waals surface area (Å²) in [4.78, 5) is 5.09. The van der Waals surface area contributed by atoms with Gasteiger partial charge in [-0.15, -0.1) is 0 Å². The summed E-state index contributed by atoms with van der Waals surface area (Å²) in [6.45, 7) is 1.92. The van der Waals surface area contributed by atoms with E-state index in [0.717, 1.165) is 5.76 Å². The fourth-order valence-corrected chi connectivity index (χ4v) is 1.34. The first-order valence-electron chi connectivity index (χ1n) is 4.22. The van der Waals surface area contributed by atoms with Gasteiger partial charge in [-0.1, -0.05) is 0 Å². The zero-order valence-electron chi connectivity index (χ0n) is 8.23. The first-order valence-corrected chi connectivity index (χ1v) is 4.22. The smallest absolute Gasteiger partial charge is 0.124 e. The molecule has 74 valence electrons. The van der Waals surface area contributed by atoms with Crippen molar-refractivity contribution in [1.82, 2.24) is 5.06 Å². The maximum atomic E-state index is 5.82. The van der Waals surface area contributed by atoms with Crippen molar-refractivity contribution in [1.29, 1.82) is 0 Å². The molecule has 4 heteroatoms. The summed E-state index contributed by atoms with van der Waals surface area (Å²) in [5, 5.41) is 1.68. The lowest BCUT2D eigenvalue weighted by atomic mass is 10.1. The molecule has 2 atom stereocenters. The summed E-state index contributed by atoms with van der Waals surface area (Å²) >= 11 is 0. The van der Waals surface area contributed by atoms with Crippen molar-refractivity contribution in [3.05, 3.63) is 24.2 Å². The van der Waals surface area contributed by atoms with Crippen LogP contribution in [-0.4, -0.2) is 25.3 Å². The van der Waals surface area contributed by atoms with E-state index >= 15 is 0 Å². The fraction of sp³-hybridized carbons (Fsp3) is 0.556. The van der Waals surface area contributed by atoms with Gasteiger partial charge >= 0.3 is 0 Å². The average Bonchev–Trinajstić information content (AvgIpc) is 2.56. The molecule has 0 aliphatic carbocycles. The second-order valence-corrected chi connectivity index (χ2v) is 3.05. The zero-order valence-corrected chi connectivity index (χ0v) is 8.23. The van der Waals surface area contributed by atoms with Crippen LogP contribution in [0.5, 0.6) is 0 Å². The van der Waals surface area contributed by atoms with Crippen LogP contribution in [0.15, 0.2) is 22.8 Å². The fourth-order valence-electron chi connectivity index (χ4n) is 1.34. The molecular formula is C9H16N2O2. The highest BCUT2D eigenvalue weighted by Crippen LogP contribution is 2.22. The molecule has 0 aliphatic heterocycles. The summed E-state index contributed by atoms with van der Waals surface area (Å²) in [6.07, 6.45) is 1.63. The number of nitrogens with two attached hydrogens (primary N) is 1. The predicted octanol–water partition coefficient (Wildman–Crippen LogP) is 1.16. The Kier molecular flexibility index (Phi) is 3.48. The summed E-state index contributed by atoms with van der Waals surface area (Å²) in [5.41, 5.74) is 5.82. The van der Waals surface area contributed by atoms with Gasteiger partial charge in [0, 0.05) is 13.1 Å². The molecule has 0 saturated carbocycles. The number of hydrogen-bond donors (Lipinski definition) is 1. The van der Waals surface area contributed by atoms with Crippen molar-refractivity contribution >= 4 is 0 Å². The van der Waals surface area contributed by atoms with Gasteiger partial charge in [0.05, 0.1) is 13.4 Å². The lowest BCUT2D eigenvalue weighted by Gasteiger charge is -2.26. The number of furan rings is 1. The quantitative estimate of drug-likeness (QED) is 0.713. The number of rotatable bonds is 4. The van der Waals surface area contributed by atoms with Crippen molar-refractivity contribution in [2.24, 2.45) is 5.73 Å². The van der Waals surface area contributed by atoms with Gasteiger partial charge in [0.25, 0.3) is 0 Å². The largest absolute Gasteiger partial charge is 0.468 e. The van der Waals surface area contributed by atoms with Gasteiger partial charge in [0.1, 0.15) is 11.8 Å². The third-order valence-corrected chi connectivity index (χ3v) is 2.01. The van der Waals surface area contributed by atoms with Crippen LogP contribution >= 0.6 is 0 Å². The normalized spacial score (nSPS) is 16.1. The molecule has 1 aromatic rings. The molecule has 0 radical (unpaired) electrons. The van der Waals surface area contributed by atoms with Gasteiger partial charge in [-0.25, -0.2) is 0 Å². The molecule has 0 spiro atoms. The van der Waals surface area contributed by atoms with Crippen LogP contribution in [0.1, 0.15) is 18.7 Å². The molecule has 2 N–H and O–H groups in total. The Balaban J connectivity index is 2.80. The minimum absolute atomic E-state index is 0.0417. The molecule has 1 aromatic heterocycles.